The smallest absolute Gasteiger partial charge is 0.228 e. The number of nitrogens with two attached hydrogens (primary N) is 1. The Balaban J connectivity index is 1.45. The van der Waals surface area contributed by atoms with E-state index in [9.17, 15) is 13.6 Å². The molecule has 2 atom stereocenters. The molecule has 2 unspecified atom stereocenters. The van der Waals surface area contributed by atoms with Crippen molar-refractivity contribution < 1.29 is 13.6 Å². The van der Waals surface area contributed by atoms with Crippen LogP contribution >= 0.6 is 0 Å². The van der Waals surface area contributed by atoms with Crippen LogP contribution in [0.2, 0.25) is 0 Å². The van der Waals surface area contributed by atoms with E-state index in [1.807, 2.05) is 0 Å². The lowest BCUT2D eigenvalue weighted by Crippen LogP contribution is -2.48. The van der Waals surface area contributed by atoms with Gasteiger partial charge in [-0.15, -0.1) is 0 Å². The maximum atomic E-state index is 13.4. The van der Waals surface area contributed by atoms with E-state index in [-0.39, 0.29) is 17.9 Å². The molecule has 1 heterocycles. The van der Waals surface area contributed by atoms with Gasteiger partial charge in [0.05, 0.1) is 5.69 Å². The van der Waals surface area contributed by atoms with Crippen molar-refractivity contribution >= 4 is 11.7 Å². The van der Waals surface area contributed by atoms with Crippen LogP contribution in [-0.2, 0) is 4.79 Å². The van der Waals surface area contributed by atoms with E-state index < -0.39 is 11.6 Å². The quantitative estimate of drug-likeness (QED) is 0.784. The van der Waals surface area contributed by atoms with Crippen LogP contribution in [0.4, 0.5) is 14.6 Å². The summed E-state index contributed by atoms with van der Waals surface area (Å²) in [6, 6.07) is 5.04. The summed E-state index contributed by atoms with van der Waals surface area (Å²) in [5.41, 5.74) is 7.07. The van der Waals surface area contributed by atoms with Gasteiger partial charge in [0.1, 0.15) is 11.6 Å². The number of aromatic amines is 1. The predicted molar refractivity (Wildman–Crippen MR) is 94.1 cm³/mol. The van der Waals surface area contributed by atoms with E-state index in [4.69, 9.17) is 5.73 Å². The Labute approximate surface area is 150 Å². The van der Waals surface area contributed by atoms with Gasteiger partial charge in [0.2, 0.25) is 5.91 Å². The molecule has 1 amide bonds. The number of benzene rings is 1. The molecule has 0 spiro atoms. The lowest BCUT2D eigenvalue weighted by molar-refractivity contribution is -0.122. The average Bonchev–Trinajstić information content (AvgIpc) is 3.02. The lowest BCUT2D eigenvalue weighted by Gasteiger charge is -2.43. The number of carbonyl (C=O) groups is 1. The number of anilines is 1. The largest absolute Gasteiger partial charge is 0.327 e. The van der Waals surface area contributed by atoms with Crippen LogP contribution in [-0.4, -0.2) is 22.1 Å². The third-order valence-corrected chi connectivity index (χ3v) is 5.79. The van der Waals surface area contributed by atoms with Gasteiger partial charge in [-0.3, -0.25) is 9.89 Å². The van der Waals surface area contributed by atoms with Crippen LogP contribution in [0, 0.1) is 29.4 Å². The first-order chi connectivity index (χ1) is 12.5. The molecule has 2 aliphatic carbocycles. The Morgan fingerprint density at radius 1 is 1.12 bits per heavy atom. The van der Waals surface area contributed by atoms with Crippen LogP contribution in [0.5, 0.6) is 0 Å². The molecule has 7 heteroatoms. The van der Waals surface area contributed by atoms with E-state index in [1.54, 1.807) is 6.07 Å². The minimum Gasteiger partial charge on any atom is -0.327 e. The SMILES string of the molecule is NC1C2CCCC1CC(C(=O)Nc1cc(-c3cc(F)cc(F)c3)[nH]n1)C2. The molecule has 2 aliphatic rings. The number of carbonyl (C=O) groups excluding carboxylic acids is 1. The molecule has 2 aromatic rings. The van der Waals surface area contributed by atoms with Crippen molar-refractivity contribution in [1.82, 2.24) is 10.2 Å². The van der Waals surface area contributed by atoms with E-state index in [0.717, 1.165) is 31.7 Å². The van der Waals surface area contributed by atoms with Gasteiger partial charge in [0.15, 0.2) is 5.82 Å². The molecule has 138 valence electrons. The van der Waals surface area contributed by atoms with E-state index in [0.29, 0.717) is 28.9 Å². The highest BCUT2D eigenvalue weighted by Gasteiger charge is 2.40. The Morgan fingerprint density at radius 3 is 2.42 bits per heavy atom. The van der Waals surface area contributed by atoms with Crippen molar-refractivity contribution in [2.24, 2.45) is 23.5 Å². The first kappa shape index (κ1) is 17.1. The average molecular weight is 360 g/mol. The Morgan fingerprint density at radius 2 is 1.77 bits per heavy atom. The zero-order valence-corrected chi connectivity index (χ0v) is 14.3. The fourth-order valence-electron chi connectivity index (χ4n) is 4.47. The van der Waals surface area contributed by atoms with Gasteiger partial charge in [0, 0.05) is 29.7 Å². The molecule has 0 saturated heterocycles. The number of aromatic nitrogens is 2. The standard InChI is InChI=1S/C19H22F2N4O/c20-14-6-12(7-15(21)8-14)16-9-17(25-24-16)23-19(26)13-4-10-2-1-3-11(5-13)18(10)22/h6-11,13,18H,1-5,22H2,(H2,23,24,25,26). The maximum Gasteiger partial charge on any atom is 0.228 e. The first-order valence-corrected chi connectivity index (χ1v) is 9.08. The second-order valence-corrected chi connectivity index (χ2v) is 7.51. The minimum atomic E-state index is -0.662. The summed E-state index contributed by atoms with van der Waals surface area (Å²) in [6.45, 7) is 0. The second kappa shape index (κ2) is 6.79. The number of rotatable bonds is 3. The molecule has 4 N–H and O–H groups in total. The van der Waals surface area contributed by atoms with Gasteiger partial charge in [-0.1, -0.05) is 6.42 Å². The van der Waals surface area contributed by atoms with Crippen molar-refractivity contribution in [2.75, 3.05) is 5.32 Å². The molecule has 26 heavy (non-hydrogen) atoms. The second-order valence-electron chi connectivity index (χ2n) is 7.51. The maximum absolute atomic E-state index is 13.4. The van der Waals surface area contributed by atoms with E-state index in [2.05, 4.69) is 15.5 Å². The summed E-state index contributed by atoms with van der Waals surface area (Å²) >= 11 is 0. The Kier molecular flexibility index (Phi) is 4.48. The fraction of sp³-hybridized carbons (Fsp3) is 0.474. The van der Waals surface area contributed by atoms with Crippen molar-refractivity contribution in [3.8, 4) is 11.3 Å². The molecular weight excluding hydrogens is 338 g/mol. The number of hydrogen-bond donors (Lipinski definition) is 3. The van der Waals surface area contributed by atoms with Gasteiger partial charge in [-0.25, -0.2) is 8.78 Å². The van der Waals surface area contributed by atoms with Gasteiger partial charge >= 0.3 is 0 Å². The number of nitrogens with zero attached hydrogens (tertiary/aromatic N) is 1. The molecule has 1 aromatic carbocycles. The summed E-state index contributed by atoms with van der Waals surface area (Å²) in [4.78, 5) is 12.6. The molecule has 4 rings (SSSR count). The number of halogens is 2. The van der Waals surface area contributed by atoms with Crippen molar-refractivity contribution in [3.63, 3.8) is 0 Å². The molecule has 0 aliphatic heterocycles. The lowest BCUT2D eigenvalue weighted by atomic mass is 9.65. The highest BCUT2D eigenvalue weighted by Crippen LogP contribution is 2.42. The predicted octanol–water partition coefficient (Wildman–Crippen LogP) is 3.45. The molecule has 5 nitrogen and oxygen atoms in total. The van der Waals surface area contributed by atoms with Crippen LogP contribution in [0.3, 0.4) is 0 Å². The fourth-order valence-corrected chi connectivity index (χ4v) is 4.47. The van der Waals surface area contributed by atoms with E-state index >= 15 is 0 Å². The Hall–Kier alpha value is -2.28. The van der Waals surface area contributed by atoms with Crippen LogP contribution in [0.25, 0.3) is 11.3 Å². The first-order valence-electron chi connectivity index (χ1n) is 9.08. The summed E-state index contributed by atoms with van der Waals surface area (Å²) in [5, 5.41) is 9.59. The molecule has 2 saturated carbocycles. The third-order valence-electron chi connectivity index (χ3n) is 5.79. The van der Waals surface area contributed by atoms with Gasteiger partial charge in [-0.05, 0) is 49.7 Å². The summed E-state index contributed by atoms with van der Waals surface area (Å²) in [7, 11) is 0. The highest BCUT2D eigenvalue weighted by atomic mass is 19.1. The number of H-pyrrole nitrogens is 1. The molecule has 2 bridgehead atoms. The molecule has 2 fully saturated rings. The number of fused-ring (bicyclic) bond motifs is 2. The number of amides is 1. The zero-order valence-electron chi connectivity index (χ0n) is 14.3. The normalized spacial score (nSPS) is 28.0. The summed E-state index contributed by atoms with van der Waals surface area (Å²) in [5.74, 6) is -0.245. The summed E-state index contributed by atoms with van der Waals surface area (Å²) < 4.78 is 26.7. The number of nitrogens with one attached hydrogen (secondary N) is 2. The monoisotopic (exact) mass is 360 g/mol. The van der Waals surface area contributed by atoms with Crippen LogP contribution in [0.15, 0.2) is 24.3 Å². The van der Waals surface area contributed by atoms with Gasteiger partial charge in [0.25, 0.3) is 0 Å². The van der Waals surface area contributed by atoms with Crippen LogP contribution in [0.1, 0.15) is 32.1 Å². The topological polar surface area (TPSA) is 83.8 Å². The minimum absolute atomic E-state index is 0.0581. The van der Waals surface area contributed by atoms with Crippen molar-refractivity contribution in [2.45, 2.75) is 38.1 Å². The highest BCUT2D eigenvalue weighted by molar-refractivity contribution is 5.92. The number of hydrogen-bond acceptors (Lipinski definition) is 3. The van der Waals surface area contributed by atoms with Crippen molar-refractivity contribution in [1.29, 1.82) is 0 Å². The van der Waals surface area contributed by atoms with Crippen LogP contribution < -0.4 is 11.1 Å². The molecule has 0 radical (unpaired) electrons. The van der Waals surface area contributed by atoms with Gasteiger partial charge in [-0.2, -0.15) is 5.10 Å². The van der Waals surface area contributed by atoms with Gasteiger partial charge < -0.3 is 11.1 Å². The van der Waals surface area contributed by atoms with E-state index in [1.165, 1.54) is 18.6 Å². The molecule has 1 aromatic heterocycles. The van der Waals surface area contributed by atoms with Crippen molar-refractivity contribution in [3.05, 3.63) is 35.9 Å². The zero-order chi connectivity index (χ0) is 18.3. The third kappa shape index (κ3) is 3.35. The summed E-state index contributed by atoms with van der Waals surface area (Å²) in [6.07, 6.45) is 5.02. The molecular formula is C19H22F2N4O. The Bertz CT molecular complexity index is 787.